The van der Waals surface area contributed by atoms with Gasteiger partial charge in [-0.15, -0.1) is 0 Å². The Morgan fingerprint density at radius 2 is 2.12 bits per heavy atom. The van der Waals surface area contributed by atoms with Crippen LogP contribution in [0.25, 0.3) is 0 Å². The van der Waals surface area contributed by atoms with Crippen LogP contribution in [0.5, 0.6) is 0 Å². The number of benzene rings is 1. The zero-order chi connectivity index (χ0) is 18.6. The van der Waals surface area contributed by atoms with Crippen LogP contribution in [0.3, 0.4) is 0 Å². The number of hydrogen-bond donors (Lipinski definition) is 0. The maximum atomic E-state index is 14.3. The number of carbonyl (C=O) groups excluding carboxylic acids is 1. The SMILES string of the molecule is C[C@H](c1ccccc1)n1cnc(F)c1C(=O)OC1(C=C=S)CCOCC1. The van der Waals surface area contributed by atoms with Crippen molar-refractivity contribution in [3.8, 4) is 0 Å². The van der Waals surface area contributed by atoms with Crippen molar-refractivity contribution >= 4 is 23.2 Å². The summed E-state index contributed by atoms with van der Waals surface area (Å²) in [5.41, 5.74) is -0.197. The molecule has 1 aliphatic heterocycles. The maximum Gasteiger partial charge on any atom is 0.360 e. The summed E-state index contributed by atoms with van der Waals surface area (Å²) in [5, 5.41) is 2.52. The first-order valence-electron chi connectivity index (χ1n) is 8.37. The highest BCUT2D eigenvalue weighted by Gasteiger charge is 2.37. The molecule has 1 aromatic heterocycles. The van der Waals surface area contributed by atoms with Crippen molar-refractivity contribution in [1.82, 2.24) is 9.55 Å². The predicted molar refractivity (Wildman–Crippen MR) is 97.8 cm³/mol. The van der Waals surface area contributed by atoms with Gasteiger partial charge in [-0.05, 0) is 29.7 Å². The minimum absolute atomic E-state index is 0.204. The summed E-state index contributed by atoms with van der Waals surface area (Å²) in [6.45, 7) is 2.74. The van der Waals surface area contributed by atoms with E-state index < -0.39 is 17.5 Å². The third-order valence-electron chi connectivity index (χ3n) is 4.60. The number of esters is 1. The Morgan fingerprint density at radius 3 is 2.77 bits per heavy atom. The molecule has 0 radical (unpaired) electrons. The number of rotatable bonds is 5. The molecule has 1 atom stereocenters. The number of thiocarbonyl (C=S) groups is 1. The largest absolute Gasteiger partial charge is 0.449 e. The molecule has 0 amide bonds. The molecule has 2 aromatic rings. The van der Waals surface area contributed by atoms with Gasteiger partial charge in [0.25, 0.3) is 0 Å². The van der Waals surface area contributed by atoms with Gasteiger partial charge in [0.05, 0.1) is 25.6 Å². The van der Waals surface area contributed by atoms with E-state index in [-0.39, 0.29) is 11.7 Å². The summed E-state index contributed by atoms with van der Waals surface area (Å²) in [7, 11) is 0. The zero-order valence-corrected chi connectivity index (χ0v) is 15.2. The van der Waals surface area contributed by atoms with Crippen LogP contribution in [0.2, 0.25) is 0 Å². The smallest absolute Gasteiger partial charge is 0.360 e. The molecule has 1 aliphatic rings. The van der Waals surface area contributed by atoms with Crippen molar-refractivity contribution in [2.45, 2.75) is 31.4 Å². The molecule has 1 saturated heterocycles. The summed E-state index contributed by atoms with van der Waals surface area (Å²) < 4.78 is 26.8. The molecule has 0 spiro atoms. The minimum atomic E-state index is -0.922. The molecule has 26 heavy (non-hydrogen) atoms. The standard InChI is InChI=1S/C19H19FN2O3S/c1-14(15-5-3-2-4-6-15)22-13-21-17(20)16(22)18(23)25-19(9-12-26)7-10-24-11-8-19/h2-6,9,13-14H,7-8,10-11H2,1H3/t14-/m1/s1. The summed E-state index contributed by atoms with van der Waals surface area (Å²) in [4.78, 5) is 16.5. The molecule has 5 nitrogen and oxygen atoms in total. The molecular formula is C19H19FN2O3S. The van der Waals surface area contributed by atoms with Crippen molar-refractivity contribution in [3.05, 3.63) is 59.9 Å². The van der Waals surface area contributed by atoms with Crippen LogP contribution in [0, 0.1) is 5.95 Å². The van der Waals surface area contributed by atoms with Gasteiger partial charge in [-0.25, -0.2) is 9.78 Å². The van der Waals surface area contributed by atoms with Gasteiger partial charge in [0.2, 0.25) is 5.95 Å². The van der Waals surface area contributed by atoms with Crippen molar-refractivity contribution in [1.29, 1.82) is 0 Å². The van der Waals surface area contributed by atoms with Crippen LogP contribution in [-0.4, -0.2) is 39.4 Å². The fraction of sp³-hybridized carbons (Fsp3) is 0.368. The third-order valence-corrected chi connectivity index (χ3v) is 4.72. The molecular weight excluding hydrogens is 355 g/mol. The first kappa shape index (κ1) is 18.5. The Labute approximate surface area is 156 Å². The van der Waals surface area contributed by atoms with E-state index in [1.165, 1.54) is 10.9 Å². The molecule has 0 unspecified atom stereocenters. The molecule has 0 N–H and O–H groups in total. The number of nitrogens with zero attached hydrogens (tertiary/aromatic N) is 2. The van der Waals surface area contributed by atoms with E-state index in [2.05, 4.69) is 10.0 Å². The number of halogens is 1. The topological polar surface area (TPSA) is 53.4 Å². The van der Waals surface area contributed by atoms with Crippen LogP contribution in [0.1, 0.15) is 41.9 Å². The second-order valence-electron chi connectivity index (χ2n) is 6.21. The Bertz CT molecular complexity index is 825. The van der Waals surface area contributed by atoms with E-state index in [1.54, 1.807) is 6.08 Å². The van der Waals surface area contributed by atoms with Crippen LogP contribution in [-0.2, 0) is 9.47 Å². The average molecular weight is 374 g/mol. The molecule has 3 rings (SSSR count). The number of hydrogen-bond acceptors (Lipinski definition) is 5. The first-order chi connectivity index (χ1) is 12.6. The normalized spacial score (nSPS) is 17.2. The van der Waals surface area contributed by atoms with Gasteiger partial charge in [0, 0.05) is 18.9 Å². The lowest BCUT2D eigenvalue weighted by atomic mass is 9.94. The molecule has 0 aliphatic carbocycles. The van der Waals surface area contributed by atoms with Gasteiger partial charge in [0.1, 0.15) is 5.60 Å². The van der Waals surface area contributed by atoms with Gasteiger partial charge < -0.3 is 14.0 Å². The summed E-state index contributed by atoms with van der Waals surface area (Å²) in [6.07, 6.45) is 3.76. The second-order valence-corrected chi connectivity index (χ2v) is 6.44. The van der Waals surface area contributed by atoms with E-state index in [1.807, 2.05) is 37.3 Å². The fourth-order valence-electron chi connectivity index (χ4n) is 3.05. The van der Waals surface area contributed by atoms with Crippen molar-refractivity contribution in [3.63, 3.8) is 0 Å². The van der Waals surface area contributed by atoms with E-state index in [9.17, 15) is 9.18 Å². The van der Waals surface area contributed by atoms with Crippen molar-refractivity contribution in [2.75, 3.05) is 13.2 Å². The third kappa shape index (κ3) is 3.75. The molecule has 1 aromatic carbocycles. The quantitative estimate of drug-likeness (QED) is 0.592. The number of imidazole rings is 1. The Morgan fingerprint density at radius 1 is 1.42 bits per heavy atom. The lowest BCUT2D eigenvalue weighted by Gasteiger charge is -2.33. The fourth-order valence-corrected chi connectivity index (χ4v) is 3.26. The zero-order valence-electron chi connectivity index (χ0n) is 14.4. The van der Waals surface area contributed by atoms with Gasteiger partial charge in [0.15, 0.2) is 5.69 Å². The Kier molecular flexibility index (Phi) is 5.61. The second kappa shape index (κ2) is 7.91. The average Bonchev–Trinajstić information content (AvgIpc) is 3.04. The lowest BCUT2D eigenvalue weighted by molar-refractivity contribution is -0.0538. The summed E-state index contributed by atoms with van der Waals surface area (Å²) in [5.74, 6) is -1.63. The van der Waals surface area contributed by atoms with Crippen LogP contribution in [0.4, 0.5) is 4.39 Å². The van der Waals surface area contributed by atoms with Crippen LogP contribution < -0.4 is 0 Å². The number of aromatic nitrogens is 2. The molecule has 1 fully saturated rings. The van der Waals surface area contributed by atoms with Gasteiger partial charge in [-0.1, -0.05) is 30.3 Å². The van der Waals surface area contributed by atoms with E-state index in [0.717, 1.165) is 5.56 Å². The van der Waals surface area contributed by atoms with Gasteiger partial charge in [-0.2, -0.15) is 4.39 Å². The van der Waals surface area contributed by atoms with E-state index in [4.69, 9.17) is 21.7 Å². The Balaban J connectivity index is 1.90. The maximum absolute atomic E-state index is 14.3. The summed E-state index contributed by atoms with van der Waals surface area (Å²) >= 11 is 4.79. The first-order valence-corrected chi connectivity index (χ1v) is 8.77. The van der Waals surface area contributed by atoms with Crippen LogP contribution in [0.15, 0.2) is 42.7 Å². The Hall–Kier alpha value is -2.34. The lowest BCUT2D eigenvalue weighted by Crippen LogP contribution is -2.40. The summed E-state index contributed by atoms with van der Waals surface area (Å²) in [6, 6.07) is 9.21. The molecule has 136 valence electrons. The molecule has 2 heterocycles. The highest BCUT2D eigenvalue weighted by atomic mass is 32.1. The molecule has 7 heteroatoms. The predicted octanol–water partition coefficient (Wildman–Crippen LogP) is 3.49. The minimum Gasteiger partial charge on any atom is -0.449 e. The number of carbonyl (C=O) groups is 1. The monoisotopic (exact) mass is 374 g/mol. The van der Waals surface area contributed by atoms with Crippen LogP contribution >= 0.6 is 12.2 Å². The van der Waals surface area contributed by atoms with Gasteiger partial charge in [-0.3, -0.25) is 0 Å². The van der Waals surface area contributed by atoms with E-state index in [0.29, 0.717) is 26.1 Å². The van der Waals surface area contributed by atoms with E-state index >= 15 is 0 Å². The van der Waals surface area contributed by atoms with Gasteiger partial charge >= 0.3 is 5.97 Å². The molecule has 0 saturated carbocycles. The van der Waals surface area contributed by atoms with Crippen molar-refractivity contribution in [2.24, 2.45) is 0 Å². The molecule has 0 bridgehead atoms. The number of ether oxygens (including phenoxy) is 2. The highest BCUT2D eigenvalue weighted by Crippen LogP contribution is 2.29. The van der Waals surface area contributed by atoms with Crippen molar-refractivity contribution < 1.29 is 18.7 Å². The highest BCUT2D eigenvalue weighted by molar-refractivity contribution is 7.78.